The number of halogens is 3. The summed E-state index contributed by atoms with van der Waals surface area (Å²) >= 11 is 15.6. The van der Waals surface area contributed by atoms with Gasteiger partial charge < -0.3 is 29.0 Å². The van der Waals surface area contributed by atoms with Gasteiger partial charge in [0.25, 0.3) is 0 Å². The van der Waals surface area contributed by atoms with Gasteiger partial charge in [0.15, 0.2) is 11.6 Å². The minimum atomic E-state index is -1.41. The molecule has 1 unspecified atom stereocenters. The van der Waals surface area contributed by atoms with E-state index in [0.29, 0.717) is 95.5 Å². The number of ether oxygens (including phenoxy) is 4. The van der Waals surface area contributed by atoms with Crippen LogP contribution in [0, 0.1) is 5.82 Å². The SMILES string of the molecule is COc1ccccc1-c1nccc(COc2ccc3cc2C[C@@H](C(=O)O)Oc2ncnc4sc(-c5ccc(F)cc5)c(c24)-c2cc(Cl)c(c(Cl)c2)OC(CN2CCN(C)CC2)CC3)n1. The Morgan fingerprint density at radius 1 is 0.922 bits per heavy atom. The third-order valence-electron chi connectivity index (χ3n) is 11.4. The third kappa shape index (κ3) is 9.47. The van der Waals surface area contributed by atoms with Gasteiger partial charge in [0.2, 0.25) is 12.0 Å². The van der Waals surface area contributed by atoms with Crippen LogP contribution in [0.5, 0.6) is 23.1 Å². The molecule has 12 nitrogen and oxygen atoms in total. The van der Waals surface area contributed by atoms with E-state index in [2.05, 4.69) is 31.8 Å². The molecule has 1 fully saturated rings. The second kappa shape index (κ2) is 19.1. The Hall–Kier alpha value is -5.90. The average molecular weight is 922 g/mol. The monoisotopic (exact) mass is 920 g/mol. The Kier molecular flexibility index (Phi) is 12.9. The highest BCUT2D eigenvalue weighted by Crippen LogP contribution is 2.49. The Bertz CT molecular complexity index is 2800. The van der Waals surface area contributed by atoms with Crippen LogP contribution in [-0.2, 0) is 24.2 Å². The number of piperazine rings is 1. The standard InChI is InChI=1S/C48H43Cl2FN6O6S/c1-56-17-19-57(20-18-56)25-34-13-7-28-8-14-38(61-26-33-15-16-52-45(55-33)35-5-3-4-6-39(35)60-2)30(21-28)24-40(48(58)59)63-46-42-41(31-22-36(49)43(62-34)37(50)23-31)44(64-47(42)54-27-53-46)29-9-11-32(51)12-10-29/h3-6,8-12,14-16,21-23,27,34,40H,7,13,17-20,24-26H2,1-2H3,(H,58,59)/t34?,40-/m0/s1. The van der Waals surface area contributed by atoms with Gasteiger partial charge in [0.05, 0.1) is 33.8 Å². The second-order valence-corrected chi connectivity index (χ2v) is 17.6. The van der Waals surface area contributed by atoms with Crippen molar-refractivity contribution in [1.82, 2.24) is 29.7 Å². The van der Waals surface area contributed by atoms with Gasteiger partial charge in [0, 0.05) is 55.8 Å². The van der Waals surface area contributed by atoms with E-state index < -0.39 is 17.9 Å². The Balaban J connectivity index is 1.13. The molecule has 2 atom stereocenters. The predicted molar refractivity (Wildman–Crippen MR) is 245 cm³/mol. The zero-order valence-electron chi connectivity index (χ0n) is 35.0. The summed E-state index contributed by atoms with van der Waals surface area (Å²) in [5.74, 6) is 0.405. The number of carboxylic acids is 1. The molecule has 0 spiro atoms. The molecule has 3 aliphatic heterocycles. The normalized spacial score (nSPS) is 17.1. The maximum absolute atomic E-state index is 14.2. The van der Waals surface area contributed by atoms with Crippen LogP contribution >= 0.6 is 34.5 Å². The first-order valence-corrected chi connectivity index (χ1v) is 22.4. The van der Waals surface area contributed by atoms with Crippen LogP contribution in [0.15, 0.2) is 97.5 Å². The number of fused-ring (bicyclic) bond motifs is 7. The molecule has 0 saturated carbocycles. The lowest BCUT2D eigenvalue weighted by atomic mass is 9.99. The van der Waals surface area contributed by atoms with E-state index in [9.17, 15) is 14.3 Å². The molecule has 3 aliphatic rings. The molecule has 10 rings (SSSR count). The number of aryl methyl sites for hydroxylation is 1. The summed E-state index contributed by atoms with van der Waals surface area (Å²) in [6, 6.07) is 24.7. The van der Waals surface area contributed by atoms with E-state index in [-0.39, 0.29) is 25.0 Å². The summed E-state index contributed by atoms with van der Waals surface area (Å²) in [4.78, 5) is 37.5. The smallest absolute Gasteiger partial charge is 0.345 e. The molecule has 7 aromatic rings. The van der Waals surface area contributed by atoms with Crippen LogP contribution in [0.4, 0.5) is 4.39 Å². The van der Waals surface area contributed by atoms with Crippen molar-refractivity contribution in [3.05, 3.63) is 130 Å². The van der Waals surface area contributed by atoms with Crippen molar-refractivity contribution in [2.75, 3.05) is 46.9 Å². The molecule has 328 valence electrons. The third-order valence-corrected chi connectivity index (χ3v) is 13.1. The first-order chi connectivity index (χ1) is 31.1. The van der Waals surface area contributed by atoms with Gasteiger partial charge in [-0.1, -0.05) is 59.6 Å². The first kappa shape index (κ1) is 43.4. The van der Waals surface area contributed by atoms with Crippen molar-refractivity contribution in [1.29, 1.82) is 0 Å². The average Bonchev–Trinajstić information content (AvgIpc) is 3.70. The molecule has 1 N–H and O–H groups in total. The van der Waals surface area contributed by atoms with Crippen molar-refractivity contribution in [3.63, 3.8) is 0 Å². The van der Waals surface area contributed by atoms with Gasteiger partial charge in [-0.3, -0.25) is 4.90 Å². The van der Waals surface area contributed by atoms with E-state index in [1.165, 1.54) is 29.8 Å². The molecule has 0 amide bonds. The number of rotatable bonds is 9. The molecule has 6 heterocycles. The van der Waals surface area contributed by atoms with E-state index in [0.717, 1.165) is 37.3 Å². The van der Waals surface area contributed by atoms with Gasteiger partial charge in [0.1, 0.15) is 41.2 Å². The molecule has 4 bridgehead atoms. The number of para-hydroxylation sites is 1. The fourth-order valence-electron chi connectivity index (χ4n) is 8.08. The van der Waals surface area contributed by atoms with Crippen LogP contribution in [0.2, 0.25) is 10.0 Å². The van der Waals surface area contributed by atoms with Crippen LogP contribution < -0.4 is 18.9 Å². The topological polar surface area (TPSA) is 132 Å². The highest BCUT2D eigenvalue weighted by atomic mass is 35.5. The van der Waals surface area contributed by atoms with Crippen molar-refractivity contribution < 1.29 is 33.2 Å². The highest BCUT2D eigenvalue weighted by molar-refractivity contribution is 7.22. The Morgan fingerprint density at radius 3 is 2.47 bits per heavy atom. The zero-order valence-corrected chi connectivity index (χ0v) is 37.3. The molecule has 4 aromatic carbocycles. The number of thiophene rings is 1. The second-order valence-electron chi connectivity index (χ2n) is 15.8. The molecule has 64 heavy (non-hydrogen) atoms. The number of hydrogen-bond donors (Lipinski definition) is 1. The fourth-order valence-corrected chi connectivity index (χ4v) is 9.82. The lowest BCUT2D eigenvalue weighted by Gasteiger charge is -2.35. The predicted octanol–water partition coefficient (Wildman–Crippen LogP) is 9.53. The van der Waals surface area contributed by atoms with Crippen molar-refractivity contribution >= 4 is 50.7 Å². The molecular weight excluding hydrogens is 879 g/mol. The quantitative estimate of drug-likeness (QED) is 0.148. The fraction of sp³-hybridized carbons (Fsp3) is 0.271. The number of hydrogen-bond acceptors (Lipinski definition) is 12. The van der Waals surface area contributed by atoms with E-state index in [1.807, 2.05) is 42.5 Å². The lowest BCUT2D eigenvalue weighted by molar-refractivity contribution is -0.145. The van der Waals surface area contributed by atoms with Crippen molar-refractivity contribution in [3.8, 4) is 56.1 Å². The number of likely N-dealkylation sites (N-methyl/N-ethyl adjacent to an activating group) is 1. The molecule has 1 saturated heterocycles. The summed E-state index contributed by atoms with van der Waals surface area (Å²) in [5.41, 5.74) is 4.81. The summed E-state index contributed by atoms with van der Waals surface area (Å²) in [6.07, 6.45) is 2.41. The molecular formula is C48H43Cl2FN6O6S. The minimum Gasteiger partial charge on any atom is -0.496 e. The minimum absolute atomic E-state index is 0.0459. The van der Waals surface area contributed by atoms with Crippen LogP contribution in [0.1, 0.15) is 23.2 Å². The van der Waals surface area contributed by atoms with Crippen molar-refractivity contribution in [2.45, 2.75) is 38.1 Å². The van der Waals surface area contributed by atoms with Gasteiger partial charge in [-0.05, 0) is 90.7 Å². The van der Waals surface area contributed by atoms with E-state index >= 15 is 0 Å². The summed E-state index contributed by atoms with van der Waals surface area (Å²) in [5, 5.41) is 11.9. The summed E-state index contributed by atoms with van der Waals surface area (Å²) in [6.45, 7) is 4.37. The number of aromatic nitrogens is 4. The molecule has 0 radical (unpaired) electrons. The van der Waals surface area contributed by atoms with Gasteiger partial charge in [-0.2, -0.15) is 0 Å². The maximum atomic E-state index is 14.2. The van der Waals surface area contributed by atoms with Crippen LogP contribution in [0.3, 0.4) is 0 Å². The number of carbonyl (C=O) groups is 1. The maximum Gasteiger partial charge on any atom is 0.345 e. The first-order valence-electron chi connectivity index (χ1n) is 20.8. The summed E-state index contributed by atoms with van der Waals surface area (Å²) in [7, 11) is 3.72. The molecule has 3 aromatic heterocycles. The Morgan fingerprint density at radius 2 is 1.70 bits per heavy atom. The lowest BCUT2D eigenvalue weighted by Crippen LogP contribution is -2.48. The molecule has 0 aliphatic carbocycles. The molecule has 16 heteroatoms. The van der Waals surface area contributed by atoms with Gasteiger partial charge >= 0.3 is 5.97 Å². The number of carboxylic acid groups (broad SMARTS) is 1. The zero-order chi connectivity index (χ0) is 44.3. The largest absolute Gasteiger partial charge is 0.496 e. The van der Waals surface area contributed by atoms with Gasteiger partial charge in [-0.15, -0.1) is 11.3 Å². The van der Waals surface area contributed by atoms with Crippen LogP contribution in [0.25, 0.3) is 43.2 Å². The summed E-state index contributed by atoms with van der Waals surface area (Å²) < 4.78 is 39.5. The number of aliphatic carboxylic acids is 1. The van der Waals surface area contributed by atoms with Crippen LogP contribution in [-0.4, -0.2) is 99.9 Å². The van der Waals surface area contributed by atoms with Crippen molar-refractivity contribution in [2.24, 2.45) is 0 Å². The number of methoxy groups -OCH3 is 1. The van der Waals surface area contributed by atoms with E-state index in [4.69, 9.17) is 47.1 Å². The Labute approximate surface area is 383 Å². The van der Waals surface area contributed by atoms with Gasteiger partial charge in [-0.25, -0.2) is 29.1 Å². The van der Waals surface area contributed by atoms with E-state index in [1.54, 1.807) is 43.6 Å². The number of benzene rings is 4. The highest BCUT2D eigenvalue weighted by Gasteiger charge is 2.30. The number of nitrogens with zero attached hydrogens (tertiary/aromatic N) is 6.